The number of aryl methyl sites for hydroxylation is 1. The third-order valence-electron chi connectivity index (χ3n) is 9.41. The van der Waals surface area contributed by atoms with E-state index < -0.39 is 0 Å². The molecule has 1 aromatic heterocycles. The molecule has 3 fully saturated rings. The van der Waals surface area contributed by atoms with Gasteiger partial charge in [-0.3, -0.25) is 9.69 Å². The second-order valence-electron chi connectivity index (χ2n) is 11.2. The molecule has 3 aliphatic heterocycles. The van der Waals surface area contributed by atoms with Crippen molar-refractivity contribution in [2.75, 3.05) is 57.5 Å². The fourth-order valence-electron chi connectivity index (χ4n) is 7.31. The first-order valence-corrected chi connectivity index (χ1v) is 13.8. The van der Waals surface area contributed by atoms with Crippen molar-refractivity contribution < 1.29 is 14.3 Å². The van der Waals surface area contributed by atoms with Gasteiger partial charge in [-0.15, -0.1) is 0 Å². The molecule has 1 N–H and O–H groups in total. The van der Waals surface area contributed by atoms with Crippen molar-refractivity contribution >= 4 is 17.5 Å². The quantitative estimate of drug-likeness (QED) is 0.697. The highest BCUT2D eigenvalue weighted by molar-refractivity contribution is 6.06. The number of carbonyl (C=O) groups is 1. The first-order valence-electron chi connectivity index (χ1n) is 13.8. The minimum Gasteiger partial charge on any atom is -0.381 e. The van der Waals surface area contributed by atoms with Crippen LogP contribution in [0.25, 0.3) is 6.08 Å². The minimum absolute atomic E-state index is 0.0688. The van der Waals surface area contributed by atoms with Crippen LogP contribution in [0.3, 0.4) is 0 Å². The highest BCUT2D eigenvalue weighted by atomic mass is 16.5. The minimum atomic E-state index is -0.189. The number of piperazine rings is 1. The predicted molar refractivity (Wildman–Crippen MR) is 141 cm³/mol. The number of Topliss-reactive ketones (excluding diaryl/α,β-unsaturated/α-hetero) is 1. The van der Waals surface area contributed by atoms with Crippen molar-refractivity contribution in [3.05, 3.63) is 56.9 Å². The molecule has 1 spiro atoms. The second-order valence-corrected chi connectivity index (χ2v) is 11.2. The van der Waals surface area contributed by atoms with Crippen LogP contribution in [0.4, 0.5) is 5.69 Å². The Morgan fingerprint density at radius 1 is 1.11 bits per heavy atom. The predicted octanol–water partition coefficient (Wildman–Crippen LogP) is 3.59. The van der Waals surface area contributed by atoms with Crippen LogP contribution in [-0.4, -0.2) is 74.3 Å². The number of fused-ring (bicyclic) bond motifs is 6. The van der Waals surface area contributed by atoms with E-state index in [0.29, 0.717) is 24.8 Å². The molecule has 37 heavy (non-hydrogen) atoms. The third-order valence-corrected chi connectivity index (χ3v) is 9.41. The van der Waals surface area contributed by atoms with Crippen LogP contribution < -0.4 is 4.90 Å². The Bertz CT molecular complexity index is 1330. The number of rotatable bonds is 3. The van der Waals surface area contributed by atoms with Gasteiger partial charge in [-0.05, 0) is 53.7 Å². The maximum Gasteiger partial charge on any atom is 0.170 e. The average Bonchev–Trinajstić information content (AvgIpc) is 3.28. The fourth-order valence-corrected chi connectivity index (χ4v) is 7.31. The number of anilines is 1. The average molecular weight is 499 g/mol. The lowest BCUT2D eigenvalue weighted by atomic mass is 9.64. The summed E-state index contributed by atoms with van der Waals surface area (Å²) >= 11 is 0. The van der Waals surface area contributed by atoms with Gasteiger partial charge in [-0.1, -0.05) is 13.0 Å². The summed E-state index contributed by atoms with van der Waals surface area (Å²) in [6, 6.07) is 7.72. The van der Waals surface area contributed by atoms with Crippen molar-refractivity contribution in [3.63, 3.8) is 0 Å². The number of ketones is 1. The third kappa shape index (κ3) is 3.53. The first-order chi connectivity index (χ1) is 18.1. The number of nitriles is 1. The van der Waals surface area contributed by atoms with Crippen LogP contribution in [-0.2, 0) is 27.7 Å². The van der Waals surface area contributed by atoms with E-state index in [-0.39, 0.29) is 17.6 Å². The summed E-state index contributed by atoms with van der Waals surface area (Å²) < 4.78 is 11.3. The summed E-state index contributed by atoms with van der Waals surface area (Å²) in [6.45, 7) is 9.66. The zero-order chi connectivity index (χ0) is 25.1. The largest absolute Gasteiger partial charge is 0.381 e. The van der Waals surface area contributed by atoms with Gasteiger partial charge in [0.15, 0.2) is 5.78 Å². The van der Waals surface area contributed by atoms with E-state index in [1.54, 1.807) is 0 Å². The van der Waals surface area contributed by atoms with E-state index in [1.807, 2.05) is 6.08 Å². The Balaban J connectivity index is 1.32. The van der Waals surface area contributed by atoms with Crippen molar-refractivity contribution in [2.24, 2.45) is 0 Å². The number of nitrogens with one attached hydrogen (secondary N) is 1. The molecule has 5 aliphatic rings. The van der Waals surface area contributed by atoms with E-state index >= 15 is 0 Å². The van der Waals surface area contributed by atoms with Crippen molar-refractivity contribution in [3.8, 4) is 6.07 Å². The molecule has 7 rings (SSSR count). The number of H-pyrrole nitrogens is 1. The van der Waals surface area contributed by atoms with Crippen molar-refractivity contribution in [2.45, 2.75) is 50.5 Å². The van der Waals surface area contributed by atoms with E-state index in [2.05, 4.69) is 39.9 Å². The van der Waals surface area contributed by atoms with Crippen LogP contribution in [0.1, 0.15) is 70.2 Å². The van der Waals surface area contributed by atoms with E-state index in [1.165, 1.54) is 28.1 Å². The SMILES string of the molecule is CCc1cc2c(cc1N1CCN(C3COC3)CC1)C1(CCOCC1)c1[nH]c3c(c1C2)C(=O)CC(C#N)=C3. The summed E-state index contributed by atoms with van der Waals surface area (Å²) in [5, 5.41) is 9.48. The van der Waals surface area contributed by atoms with Crippen LogP contribution in [0.15, 0.2) is 17.7 Å². The molecule has 4 heterocycles. The normalized spacial score (nSPS) is 23.1. The molecular formula is C30H34N4O3. The Morgan fingerprint density at radius 3 is 2.57 bits per heavy atom. The standard InChI is InChI=1S/C30H34N4O3/c1-2-20-13-21-14-23-28-25(11-19(16-31)12-27(28)35)32-29(23)30(3-9-36-10-4-30)24(21)15-26(20)34-7-5-33(6-8-34)22-17-37-18-22/h11,13,15,22,32H,2-10,12,14,17-18H2,1H3. The van der Waals surface area contributed by atoms with Gasteiger partial charge in [0.2, 0.25) is 0 Å². The number of aromatic amines is 1. The van der Waals surface area contributed by atoms with Gasteiger partial charge < -0.3 is 19.4 Å². The number of aromatic nitrogens is 1. The van der Waals surface area contributed by atoms with E-state index in [0.717, 1.165) is 81.9 Å². The van der Waals surface area contributed by atoms with Gasteiger partial charge in [-0.2, -0.15) is 5.26 Å². The lowest BCUT2D eigenvalue weighted by Crippen LogP contribution is -2.56. The summed E-state index contributed by atoms with van der Waals surface area (Å²) in [6.07, 6.45) is 5.65. The number of ether oxygens (including phenoxy) is 2. The summed E-state index contributed by atoms with van der Waals surface area (Å²) in [4.78, 5) is 22.0. The van der Waals surface area contributed by atoms with E-state index in [4.69, 9.17) is 9.47 Å². The number of hydrogen-bond donors (Lipinski definition) is 1. The van der Waals surface area contributed by atoms with Crippen LogP contribution in [0.5, 0.6) is 0 Å². The number of benzene rings is 1. The van der Waals surface area contributed by atoms with Gasteiger partial charge in [0, 0.05) is 80.2 Å². The molecule has 0 unspecified atom stereocenters. The van der Waals surface area contributed by atoms with Gasteiger partial charge in [-0.25, -0.2) is 0 Å². The molecule has 0 radical (unpaired) electrons. The van der Waals surface area contributed by atoms with Crippen LogP contribution in [0.2, 0.25) is 0 Å². The molecule has 0 saturated carbocycles. The van der Waals surface area contributed by atoms with Gasteiger partial charge in [0.25, 0.3) is 0 Å². The molecule has 0 atom stereocenters. The van der Waals surface area contributed by atoms with Crippen LogP contribution in [0, 0.1) is 11.3 Å². The molecular weight excluding hydrogens is 464 g/mol. The fraction of sp³-hybridized carbons (Fsp3) is 0.533. The maximum atomic E-state index is 13.2. The highest BCUT2D eigenvalue weighted by Gasteiger charge is 2.46. The number of carbonyl (C=O) groups excluding carboxylic acids is 1. The number of hydrogen-bond acceptors (Lipinski definition) is 6. The Hall–Kier alpha value is -2.92. The molecule has 192 valence electrons. The Morgan fingerprint density at radius 2 is 1.89 bits per heavy atom. The Labute approximate surface area is 218 Å². The monoisotopic (exact) mass is 498 g/mol. The second kappa shape index (κ2) is 8.83. The summed E-state index contributed by atoms with van der Waals surface area (Å²) in [5.74, 6) is 0.0688. The molecule has 2 aromatic rings. The molecule has 7 nitrogen and oxygen atoms in total. The van der Waals surface area contributed by atoms with Gasteiger partial charge in [0.05, 0.1) is 31.0 Å². The molecule has 1 aromatic carbocycles. The molecule has 0 bridgehead atoms. The van der Waals surface area contributed by atoms with Crippen molar-refractivity contribution in [1.29, 1.82) is 5.26 Å². The molecule has 2 aliphatic carbocycles. The zero-order valence-corrected chi connectivity index (χ0v) is 21.6. The number of nitrogens with zero attached hydrogens (tertiary/aromatic N) is 3. The molecule has 0 amide bonds. The lowest BCUT2D eigenvalue weighted by molar-refractivity contribution is -0.0660. The van der Waals surface area contributed by atoms with Gasteiger partial charge in [0.1, 0.15) is 0 Å². The smallest absolute Gasteiger partial charge is 0.170 e. The summed E-state index contributed by atoms with van der Waals surface area (Å²) in [7, 11) is 0. The molecule has 3 saturated heterocycles. The number of allylic oxidation sites excluding steroid dienone is 1. The van der Waals surface area contributed by atoms with Gasteiger partial charge >= 0.3 is 0 Å². The lowest BCUT2D eigenvalue weighted by Gasteiger charge is -2.45. The van der Waals surface area contributed by atoms with Crippen molar-refractivity contribution in [1.82, 2.24) is 9.88 Å². The topological polar surface area (TPSA) is 81.6 Å². The maximum absolute atomic E-state index is 13.2. The van der Waals surface area contributed by atoms with Crippen LogP contribution >= 0.6 is 0 Å². The molecule has 7 heteroatoms. The highest BCUT2D eigenvalue weighted by Crippen LogP contribution is 2.51. The van der Waals surface area contributed by atoms with E-state index in [9.17, 15) is 10.1 Å². The Kier molecular flexibility index (Phi) is 5.54. The first kappa shape index (κ1) is 23.2. The zero-order valence-electron chi connectivity index (χ0n) is 21.6. The summed E-state index contributed by atoms with van der Waals surface area (Å²) in [5.41, 5.74) is 9.84.